The fraction of sp³-hybridized carbons (Fsp3) is 0.424. The van der Waals surface area contributed by atoms with Crippen LogP contribution in [0.3, 0.4) is 0 Å². The largest absolute Gasteiger partial charge is 0.465 e. The van der Waals surface area contributed by atoms with Gasteiger partial charge in [0.25, 0.3) is 5.91 Å². The van der Waals surface area contributed by atoms with E-state index in [2.05, 4.69) is 0 Å². The molecule has 0 saturated carbocycles. The van der Waals surface area contributed by atoms with E-state index in [1.54, 1.807) is 11.8 Å². The fourth-order valence-corrected chi connectivity index (χ4v) is 7.18. The molecule has 2 saturated heterocycles. The summed E-state index contributed by atoms with van der Waals surface area (Å²) in [5, 5.41) is 10.7. The number of nitrogens with zero attached hydrogens (tertiary/aromatic N) is 2. The molecule has 6 rings (SSSR count). The number of esters is 1. The van der Waals surface area contributed by atoms with Crippen LogP contribution in [0.4, 0.5) is 5.69 Å². The van der Waals surface area contributed by atoms with Crippen molar-refractivity contribution in [2.45, 2.75) is 56.9 Å². The van der Waals surface area contributed by atoms with E-state index in [9.17, 15) is 19.5 Å². The van der Waals surface area contributed by atoms with Gasteiger partial charge in [0, 0.05) is 12.2 Å². The quantitative estimate of drug-likeness (QED) is 0.449. The molecule has 0 radical (unpaired) electrons. The van der Waals surface area contributed by atoms with Crippen molar-refractivity contribution in [3.63, 3.8) is 0 Å². The molecule has 2 aromatic rings. The third-order valence-electron chi connectivity index (χ3n) is 9.03. The van der Waals surface area contributed by atoms with Crippen molar-refractivity contribution in [3.05, 3.63) is 89.5 Å². The van der Waals surface area contributed by atoms with Gasteiger partial charge in [-0.25, -0.2) is 0 Å². The molecule has 8 heteroatoms. The summed E-state index contributed by atoms with van der Waals surface area (Å²) in [5.41, 5.74) is 1.05. The van der Waals surface area contributed by atoms with Crippen LogP contribution >= 0.6 is 0 Å². The Labute approximate surface area is 240 Å². The van der Waals surface area contributed by atoms with E-state index >= 15 is 0 Å². The molecule has 1 spiro atoms. The van der Waals surface area contributed by atoms with E-state index in [1.165, 1.54) is 4.90 Å². The average Bonchev–Trinajstić information content (AvgIpc) is 3.28. The number of rotatable bonds is 5. The molecule has 4 aliphatic heterocycles. The molecule has 1 N–H and O–H groups in total. The van der Waals surface area contributed by atoms with E-state index in [-0.39, 0.29) is 31.6 Å². The summed E-state index contributed by atoms with van der Waals surface area (Å²) in [6.45, 7) is 5.86. The second-order valence-corrected chi connectivity index (χ2v) is 11.8. The number of amides is 2. The molecule has 0 bridgehead atoms. The SMILES string of the molecule is Cc1ccc(C)c(N2CC=C[C@]34O[C@@]5(C)C=CCCOC(=O)[C@H]5[C@H]3C(=O)N([C@@H](CO)Cc3ccccc3)C4C2=O)c1. The van der Waals surface area contributed by atoms with E-state index < -0.39 is 41.1 Å². The third kappa shape index (κ3) is 4.32. The standard InChI is InChI=1S/C33H36N2O6/c1-21-12-13-22(2)25(18-21)34-16-9-15-33-26(27-31(39)40-17-8-7-14-32(27,3)41-33)29(37)35(28(33)30(34)38)24(20-36)19-23-10-5-4-6-11-23/h4-7,9-15,18,24,26-28,36H,8,16-17,19-20H2,1-3H3/t24-,26+,27-,28?,32+,33+/m1/s1. The monoisotopic (exact) mass is 556 g/mol. The number of aliphatic hydroxyl groups excluding tert-OH is 1. The lowest BCUT2D eigenvalue weighted by atomic mass is 9.74. The first-order valence-corrected chi connectivity index (χ1v) is 14.3. The molecule has 8 nitrogen and oxygen atoms in total. The first-order valence-electron chi connectivity index (χ1n) is 14.3. The number of hydrogen-bond donors (Lipinski definition) is 1. The summed E-state index contributed by atoms with van der Waals surface area (Å²) in [5.74, 6) is -3.13. The van der Waals surface area contributed by atoms with Gasteiger partial charge in [-0.2, -0.15) is 0 Å². The first-order chi connectivity index (χ1) is 19.7. The highest BCUT2D eigenvalue weighted by Crippen LogP contribution is 2.57. The second kappa shape index (κ2) is 10.3. The first kappa shape index (κ1) is 27.4. The number of carbonyl (C=O) groups excluding carboxylic acids is 3. The van der Waals surface area contributed by atoms with Gasteiger partial charge in [-0.3, -0.25) is 14.4 Å². The van der Waals surface area contributed by atoms with Crippen molar-refractivity contribution >= 4 is 23.5 Å². The predicted molar refractivity (Wildman–Crippen MR) is 153 cm³/mol. The van der Waals surface area contributed by atoms with Gasteiger partial charge in [-0.1, -0.05) is 66.8 Å². The molecule has 41 heavy (non-hydrogen) atoms. The molecule has 2 amide bonds. The van der Waals surface area contributed by atoms with Crippen LogP contribution < -0.4 is 4.90 Å². The smallest absolute Gasteiger partial charge is 0.313 e. The molecular weight excluding hydrogens is 520 g/mol. The average molecular weight is 557 g/mol. The molecule has 0 aromatic heterocycles. The van der Waals surface area contributed by atoms with Crippen LogP contribution in [0.5, 0.6) is 0 Å². The Morgan fingerprint density at radius 1 is 1.00 bits per heavy atom. The zero-order valence-corrected chi connectivity index (χ0v) is 23.7. The number of carbonyl (C=O) groups is 3. The second-order valence-electron chi connectivity index (χ2n) is 11.8. The Hall–Kier alpha value is -3.75. The van der Waals surface area contributed by atoms with Crippen molar-refractivity contribution < 1.29 is 29.0 Å². The van der Waals surface area contributed by atoms with Gasteiger partial charge in [-0.15, -0.1) is 0 Å². The lowest BCUT2D eigenvalue weighted by Crippen LogP contribution is -2.59. The van der Waals surface area contributed by atoms with Gasteiger partial charge in [0.05, 0.1) is 30.8 Å². The Kier molecular flexibility index (Phi) is 6.86. The van der Waals surface area contributed by atoms with Crippen molar-refractivity contribution in [1.82, 2.24) is 4.90 Å². The number of cyclic esters (lactones) is 1. The highest BCUT2D eigenvalue weighted by molar-refractivity contribution is 6.06. The Morgan fingerprint density at radius 2 is 1.78 bits per heavy atom. The molecule has 2 aromatic carbocycles. The maximum Gasteiger partial charge on any atom is 0.313 e. The molecule has 1 unspecified atom stereocenters. The number of fused-ring (bicyclic) bond motifs is 2. The Morgan fingerprint density at radius 3 is 2.54 bits per heavy atom. The van der Waals surface area contributed by atoms with E-state index in [1.807, 2.05) is 86.7 Å². The number of aliphatic hydroxyl groups is 1. The molecule has 4 heterocycles. The van der Waals surface area contributed by atoms with Crippen LogP contribution in [0.25, 0.3) is 0 Å². The van der Waals surface area contributed by atoms with Crippen LogP contribution in [0, 0.1) is 25.7 Å². The van der Waals surface area contributed by atoms with Gasteiger partial charge in [-0.05, 0) is 56.4 Å². The lowest BCUT2D eigenvalue weighted by Gasteiger charge is -2.40. The maximum atomic E-state index is 14.8. The summed E-state index contributed by atoms with van der Waals surface area (Å²) in [6, 6.07) is 13.7. The van der Waals surface area contributed by atoms with Crippen molar-refractivity contribution in [2.24, 2.45) is 11.8 Å². The Bertz CT molecular complexity index is 1440. The summed E-state index contributed by atoms with van der Waals surface area (Å²) < 4.78 is 12.4. The number of ether oxygens (including phenoxy) is 2. The zero-order chi connectivity index (χ0) is 28.9. The topological polar surface area (TPSA) is 96.4 Å². The van der Waals surface area contributed by atoms with E-state index in [4.69, 9.17) is 9.47 Å². The molecule has 0 aliphatic carbocycles. The number of likely N-dealkylation sites (tertiary alicyclic amines) is 1. The van der Waals surface area contributed by atoms with Gasteiger partial charge in [0.1, 0.15) is 17.6 Å². The number of anilines is 1. The third-order valence-corrected chi connectivity index (χ3v) is 9.03. The van der Waals surface area contributed by atoms with Gasteiger partial charge in [0.15, 0.2) is 0 Å². The molecule has 214 valence electrons. The van der Waals surface area contributed by atoms with Crippen LogP contribution in [0.1, 0.15) is 30.0 Å². The van der Waals surface area contributed by atoms with Crippen LogP contribution in [-0.4, -0.2) is 70.8 Å². The molecule has 2 fully saturated rings. The van der Waals surface area contributed by atoms with E-state index in [0.717, 1.165) is 22.4 Å². The van der Waals surface area contributed by atoms with Crippen LogP contribution in [0.15, 0.2) is 72.8 Å². The number of benzene rings is 2. The number of aryl methyl sites for hydroxylation is 2. The Balaban J connectivity index is 1.52. The summed E-state index contributed by atoms with van der Waals surface area (Å²) in [7, 11) is 0. The molecule has 4 aliphatic rings. The minimum Gasteiger partial charge on any atom is -0.465 e. The van der Waals surface area contributed by atoms with Gasteiger partial charge >= 0.3 is 5.97 Å². The minimum atomic E-state index is -1.42. The highest BCUT2D eigenvalue weighted by Gasteiger charge is 2.75. The summed E-state index contributed by atoms with van der Waals surface area (Å²) in [6.07, 6.45) is 8.32. The van der Waals surface area contributed by atoms with E-state index in [0.29, 0.717) is 12.8 Å². The van der Waals surface area contributed by atoms with Crippen molar-refractivity contribution in [3.8, 4) is 0 Å². The van der Waals surface area contributed by atoms with Crippen molar-refractivity contribution in [2.75, 3.05) is 24.7 Å². The maximum absolute atomic E-state index is 14.8. The van der Waals surface area contributed by atoms with Gasteiger partial charge in [0.2, 0.25) is 5.91 Å². The predicted octanol–water partition coefficient (Wildman–Crippen LogP) is 3.28. The lowest BCUT2D eigenvalue weighted by molar-refractivity contribution is -0.160. The van der Waals surface area contributed by atoms with Crippen molar-refractivity contribution in [1.29, 1.82) is 0 Å². The zero-order valence-electron chi connectivity index (χ0n) is 23.7. The summed E-state index contributed by atoms with van der Waals surface area (Å²) >= 11 is 0. The van der Waals surface area contributed by atoms with Crippen LogP contribution in [-0.2, 0) is 30.3 Å². The normalized spacial score (nSPS) is 31.6. The molecule has 6 atom stereocenters. The van der Waals surface area contributed by atoms with Gasteiger partial charge < -0.3 is 24.4 Å². The molecular formula is C33H36N2O6. The fourth-order valence-electron chi connectivity index (χ4n) is 7.18. The van der Waals surface area contributed by atoms with Crippen LogP contribution in [0.2, 0.25) is 0 Å². The highest BCUT2D eigenvalue weighted by atomic mass is 16.6. The summed E-state index contributed by atoms with van der Waals surface area (Å²) in [4.78, 5) is 46.1. The minimum absolute atomic E-state index is 0.214. The number of hydrogen-bond acceptors (Lipinski definition) is 6.